The minimum absolute atomic E-state index is 0.0881. The van der Waals surface area contributed by atoms with Crippen molar-refractivity contribution >= 4 is 29.2 Å². The highest BCUT2D eigenvalue weighted by Gasteiger charge is 2.09. The molecular formula is C13H11ClN2OS. The third kappa shape index (κ3) is 2.78. The number of hydrogen-bond acceptors (Lipinski definition) is 3. The Labute approximate surface area is 114 Å². The van der Waals surface area contributed by atoms with Crippen molar-refractivity contribution in [2.75, 3.05) is 0 Å². The number of hydrogen-bond donors (Lipinski definition) is 2. The Kier molecular flexibility index (Phi) is 4.12. The Morgan fingerprint density at radius 2 is 1.67 bits per heavy atom. The molecule has 2 aromatic carbocycles. The van der Waals surface area contributed by atoms with E-state index in [9.17, 15) is 0 Å². The number of nitrogens with two attached hydrogens (primary N) is 1. The summed E-state index contributed by atoms with van der Waals surface area (Å²) in [6.45, 7) is 0. The highest BCUT2D eigenvalue weighted by molar-refractivity contribution is 7.99. The van der Waals surface area contributed by atoms with Crippen LogP contribution in [0, 0.1) is 0 Å². The summed E-state index contributed by atoms with van der Waals surface area (Å²) in [5, 5.41) is 12.5. The second-order valence-corrected chi connectivity index (χ2v) is 5.00. The van der Waals surface area contributed by atoms with Crippen molar-refractivity contribution in [3.8, 4) is 0 Å². The second-order valence-electron chi connectivity index (χ2n) is 3.51. The van der Waals surface area contributed by atoms with Gasteiger partial charge in [0.05, 0.1) is 5.02 Å². The first-order valence-corrected chi connectivity index (χ1v) is 6.41. The number of oxime groups is 1. The van der Waals surface area contributed by atoms with Crippen LogP contribution in [0.5, 0.6) is 0 Å². The van der Waals surface area contributed by atoms with Gasteiger partial charge in [-0.3, -0.25) is 0 Å². The lowest BCUT2D eigenvalue weighted by Crippen LogP contribution is -2.13. The van der Waals surface area contributed by atoms with Gasteiger partial charge in [-0.05, 0) is 18.2 Å². The maximum Gasteiger partial charge on any atom is 0.171 e. The van der Waals surface area contributed by atoms with Crippen molar-refractivity contribution in [2.45, 2.75) is 9.79 Å². The fourth-order valence-corrected chi connectivity index (χ4v) is 2.70. The second kappa shape index (κ2) is 5.80. The summed E-state index contributed by atoms with van der Waals surface area (Å²) in [7, 11) is 0. The lowest BCUT2D eigenvalue weighted by Gasteiger charge is -2.08. The van der Waals surface area contributed by atoms with Gasteiger partial charge >= 0.3 is 0 Å². The molecule has 0 aliphatic carbocycles. The molecule has 0 heterocycles. The van der Waals surface area contributed by atoms with E-state index in [-0.39, 0.29) is 5.84 Å². The zero-order chi connectivity index (χ0) is 13.0. The first-order valence-electron chi connectivity index (χ1n) is 5.21. The molecule has 18 heavy (non-hydrogen) atoms. The van der Waals surface area contributed by atoms with E-state index in [4.69, 9.17) is 22.5 Å². The van der Waals surface area contributed by atoms with Gasteiger partial charge in [-0.25, -0.2) is 0 Å². The van der Waals surface area contributed by atoms with Crippen molar-refractivity contribution in [1.82, 2.24) is 0 Å². The van der Waals surface area contributed by atoms with E-state index in [2.05, 4.69) is 5.16 Å². The van der Waals surface area contributed by atoms with Gasteiger partial charge in [-0.1, -0.05) is 58.9 Å². The van der Waals surface area contributed by atoms with Crippen molar-refractivity contribution < 1.29 is 5.21 Å². The molecule has 0 bridgehead atoms. The van der Waals surface area contributed by atoms with Gasteiger partial charge in [0.1, 0.15) is 0 Å². The van der Waals surface area contributed by atoms with Crippen LogP contribution in [0.25, 0.3) is 0 Å². The summed E-state index contributed by atoms with van der Waals surface area (Å²) in [5.74, 6) is 0.0881. The number of halogens is 1. The van der Waals surface area contributed by atoms with E-state index in [0.29, 0.717) is 10.6 Å². The Balaban J connectivity index is 2.38. The summed E-state index contributed by atoms with van der Waals surface area (Å²) < 4.78 is 0. The fraction of sp³-hybridized carbons (Fsp3) is 0. The summed E-state index contributed by atoms with van der Waals surface area (Å²) >= 11 is 7.59. The highest BCUT2D eigenvalue weighted by Crippen LogP contribution is 2.34. The van der Waals surface area contributed by atoms with Crippen LogP contribution in [-0.2, 0) is 0 Å². The minimum Gasteiger partial charge on any atom is -0.409 e. The van der Waals surface area contributed by atoms with Crippen molar-refractivity contribution in [1.29, 1.82) is 0 Å². The van der Waals surface area contributed by atoms with E-state index in [0.717, 1.165) is 9.79 Å². The van der Waals surface area contributed by atoms with Crippen LogP contribution >= 0.6 is 23.4 Å². The molecule has 3 nitrogen and oxygen atoms in total. The van der Waals surface area contributed by atoms with E-state index in [1.807, 2.05) is 42.5 Å². The number of nitrogens with zero attached hydrogens (tertiary/aromatic N) is 1. The average molecular weight is 279 g/mol. The maximum atomic E-state index is 8.76. The smallest absolute Gasteiger partial charge is 0.171 e. The van der Waals surface area contributed by atoms with Crippen LogP contribution in [0.2, 0.25) is 5.02 Å². The molecule has 2 aromatic rings. The molecule has 0 spiro atoms. The predicted molar refractivity (Wildman–Crippen MR) is 74.5 cm³/mol. The van der Waals surface area contributed by atoms with Gasteiger partial charge < -0.3 is 10.9 Å². The van der Waals surface area contributed by atoms with Crippen LogP contribution in [0.4, 0.5) is 0 Å². The lowest BCUT2D eigenvalue weighted by atomic mass is 10.2. The zero-order valence-corrected chi connectivity index (χ0v) is 10.9. The third-order valence-corrected chi connectivity index (χ3v) is 3.92. The number of amidine groups is 1. The molecule has 0 aliphatic heterocycles. The van der Waals surface area contributed by atoms with Crippen LogP contribution in [0.1, 0.15) is 5.56 Å². The van der Waals surface area contributed by atoms with Gasteiger partial charge in [0.2, 0.25) is 0 Å². The lowest BCUT2D eigenvalue weighted by molar-refractivity contribution is 0.318. The van der Waals surface area contributed by atoms with Gasteiger partial charge in [0.25, 0.3) is 0 Å². The summed E-state index contributed by atoms with van der Waals surface area (Å²) in [6.07, 6.45) is 0. The molecule has 0 amide bonds. The monoisotopic (exact) mass is 278 g/mol. The topological polar surface area (TPSA) is 58.6 Å². The van der Waals surface area contributed by atoms with Crippen LogP contribution < -0.4 is 5.73 Å². The fourth-order valence-electron chi connectivity index (χ4n) is 1.47. The van der Waals surface area contributed by atoms with Crippen molar-refractivity contribution in [3.63, 3.8) is 0 Å². The van der Waals surface area contributed by atoms with Crippen LogP contribution in [0.15, 0.2) is 63.5 Å². The Morgan fingerprint density at radius 3 is 2.33 bits per heavy atom. The standard InChI is InChI=1S/C13H11ClN2OS/c14-10-6-2-4-8-12(10)18-11-7-3-1-5-9(11)13(15)16-17/h1-8,17H,(H2,15,16). The molecule has 0 aromatic heterocycles. The van der Waals surface area contributed by atoms with Gasteiger partial charge in [0, 0.05) is 15.4 Å². The minimum atomic E-state index is 0.0881. The van der Waals surface area contributed by atoms with E-state index < -0.39 is 0 Å². The molecule has 0 atom stereocenters. The largest absolute Gasteiger partial charge is 0.409 e. The van der Waals surface area contributed by atoms with Gasteiger partial charge in [0.15, 0.2) is 5.84 Å². The molecule has 5 heteroatoms. The highest BCUT2D eigenvalue weighted by atomic mass is 35.5. The van der Waals surface area contributed by atoms with E-state index >= 15 is 0 Å². The summed E-state index contributed by atoms with van der Waals surface area (Å²) in [5.41, 5.74) is 6.33. The van der Waals surface area contributed by atoms with Crippen molar-refractivity contribution in [3.05, 3.63) is 59.1 Å². The molecule has 92 valence electrons. The molecular weight excluding hydrogens is 268 g/mol. The molecule has 2 rings (SSSR count). The van der Waals surface area contributed by atoms with E-state index in [1.165, 1.54) is 11.8 Å². The SMILES string of the molecule is N/C(=N\O)c1ccccc1Sc1ccccc1Cl. The predicted octanol–water partition coefficient (Wildman–Crippen LogP) is 3.59. The summed E-state index contributed by atoms with van der Waals surface area (Å²) in [4.78, 5) is 1.82. The Hall–Kier alpha value is -1.65. The summed E-state index contributed by atoms with van der Waals surface area (Å²) in [6, 6.07) is 15.0. The molecule has 0 aliphatic rings. The van der Waals surface area contributed by atoms with E-state index in [1.54, 1.807) is 6.07 Å². The first kappa shape index (κ1) is 12.8. The molecule has 3 N–H and O–H groups in total. The molecule has 0 fully saturated rings. The molecule has 0 unspecified atom stereocenters. The zero-order valence-electron chi connectivity index (χ0n) is 9.38. The van der Waals surface area contributed by atoms with Crippen LogP contribution in [0.3, 0.4) is 0 Å². The van der Waals surface area contributed by atoms with Crippen molar-refractivity contribution in [2.24, 2.45) is 10.9 Å². The first-order chi connectivity index (χ1) is 8.72. The Morgan fingerprint density at radius 1 is 1.06 bits per heavy atom. The number of benzene rings is 2. The molecule has 0 saturated heterocycles. The normalized spacial score (nSPS) is 11.5. The molecule has 0 saturated carbocycles. The number of rotatable bonds is 3. The van der Waals surface area contributed by atoms with Gasteiger partial charge in [-0.15, -0.1) is 0 Å². The van der Waals surface area contributed by atoms with Gasteiger partial charge in [-0.2, -0.15) is 0 Å². The third-order valence-electron chi connectivity index (χ3n) is 2.33. The van der Waals surface area contributed by atoms with Crippen LogP contribution in [-0.4, -0.2) is 11.0 Å². The maximum absolute atomic E-state index is 8.76. The molecule has 0 radical (unpaired) electrons. The average Bonchev–Trinajstić information content (AvgIpc) is 2.41. The Bertz CT molecular complexity index is 587. The quantitative estimate of drug-likeness (QED) is 0.390.